The molecule has 0 spiro atoms. The van der Waals surface area contributed by atoms with Crippen LogP contribution in [-0.2, 0) is 33.6 Å². The van der Waals surface area contributed by atoms with E-state index in [-0.39, 0.29) is 23.2 Å². The van der Waals surface area contributed by atoms with Gasteiger partial charge in [-0.05, 0) is 65.6 Å². The number of nitrogens with one attached hydrogen (secondary N) is 12. The van der Waals surface area contributed by atoms with E-state index in [0.717, 1.165) is 22.3 Å². The molecule has 0 fully saturated rings. The lowest BCUT2D eigenvalue weighted by atomic mass is 9.99. The Labute approximate surface area is 543 Å². The van der Waals surface area contributed by atoms with Gasteiger partial charge in [-0.1, -0.05) is 223 Å². The van der Waals surface area contributed by atoms with Crippen molar-refractivity contribution in [1.29, 1.82) is 0 Å². The van der Waals surface area contributed by atoms with Gasteiger partial charge in [0.1, 0.15) is 23.5 Å². The molecule has 5 unspecified atom stereocenters. The summed E-state index contributed by atoms with van der Waals surface area (Å²) in [5.74, 6) is -3.70. The molecule has 0 saturated heterocycles. The number of amides is 11. The predicted molar refractivity (Wildman–Crippen MR) is 358 cm³/mol. The van der Waals surface area contributed by atoms with E-state index in [4.69, 9.17) is 5.73 Å². The fourth-order valence-corrected chi connectivity index (χ4v) is 9.66. The number of carbonyl (C=O) groups is 9. The molecule has 0 aliphatic carbocycles. The van der Waals surface area contributed by atoms with Crippen LogP contribution >= 0.6 is 0 Å². The lowest BCUT2D eigenvalue weighted by molar-refractivity contribution is -0.129. The first-order valence-electron chi connectivity index (χ1n) is 30.8. The minimum Gasteiger partial charge on any atom is -0.357 e. The van der Waals surface area contributed by atoms with Crippen molar-refractivity contribution in [1.82, 2.24) is 64.0 Å². The van der Waals surface area contributed by atoms with Crippen molar-refractivity contribution in [3.63, 3.8) is 0 Å². The van der Waals surface area contributed by atoms with E-state index in [1.807, 2.05) is 149 Å². The van der Waals surface area contributed by atoms with Gasteiger partial charge in [-0.15, -0.1) is 0 Å². The molecule has 5 atom stereocenters. The number of urea groups is 2. The molecule has 492 valence electrons. The normalized spacial score (nSPS) is 12.8. The van der Waals surface area contributed by atoms with Crippen LogP contribution in [0.15, 0.2) is 192 Å². The fraction of sp³-hybridized carbons (Fsp3) is 0.319. The molecule has 24 heteroatoms. The molecule has 93 heavy (non-hydrogen) atoms. The van der Waals surface area contributed by atoms with E-state index in [9.17, 15) is 43.2 Å². The Morgan fingerprint density at radius 2 is 0.742 bits per heavy atom. The van der Waals surface area contributed by atoms with Gasteiger partial charge in [0.15, 0.2) is 0 Å². The van der Waals surface area contributed by atoms with Crippen LogP contribution in [0.1, 0.15) is 117 Å². The second kappa shape index (κ2) is 39.5. The van der Waals surface area contributed by atoms with Crippen LogP contribution in [0.4, 0.5) is 9.59 Å². The molecule has 0 aliphatic rings. The Morgan fingerprint density at radius 3 is 1.06 bits per heavy atom. The Morgan fingerprint density at radius 1 is 0.409 bits per heavy atom. The van der Waals surface area contributed by atoms with E-state index in [0.29, 0.717) is 43.2 Å². The van der Waals surface area contributed by atoms with Crippen molar-refractivity contribution in [2.75, 3.05) is 34.2 Å². The van der Waals surface area contributed by atoms with Crippen LogP contribution in [0.25, 0.3) is 0 Å². The molecular formula is C69H87N15O9. The summed E-state index contributed by atoms with van der Waals surface area (Å²) in [5, 5.41) is 35.4. The number of benzene rings is 6. The Balaban J connectivity index is 0.000000343. The van der Waals surface area contributed by atoms with Crippen molar-refractivity contribution < 1.29 is 43.2 Å². The topological polar surface area (TPSA) is 349 Å². The van der Waals surface area contributed by atoms with Gasteiger partial charge in [-0.25, -0.2) is 20.4 Å². The molecule has 11 amide bonds. The largest absolute Gasteiger partial charge is 0.357 e. The third-order valence-electron chi connectivity index (χ3n) is 14.4. The third kappa shape index (κ3) is 24.3. The lowest BCUT2D eigenvalue weighted by Crippen LogP contribution is -2.54. The van der Waals surface area contributed by atoms with E-state index in [1.165, 1.54) is 14.1 Å². The number of hydrazone groups is 2. The lowest BCUT2D eigenvalue weighted by Gasteiger charge is -2.24. The highest BCUT2D eigenvalue weighted by atomic mass is 16.2. The summed E-state index contributed by atoms with van der Waals surface area (Å²) in [7, 11) is 4.61. The fourth-order valence-electron chi connectivity index (χ4n) is 9.66. The first-order valence-corrected chi connectivity index (χ1v) is 30.8. The van der Waals surface area contributed by atoms with E-state index in [1.54, 1.807) is 67.7 Å². The van der Waals surface area contributed by atoms with Crippen LogP contribution < -0.4 is 69.8 Å². The number of hydrogen-bond donors (Lipinski definition) is 13. The number of rotatable bonds is 31. The Hall–Kier alpha value is -10.6. The molecule has 14 N–H and O–H groups in total. The van der Waals surface area contributed by atoms with Crippen molar-refractivity contribution in [3.05, 3.63) is 215 Å². The third-order valence-corrected chi connectivity index (χ3v) is 14.4. The van der Waals surface area contributed by atoms with Crippen molar-refractivity contribution in [2.45, 2.75) is 102 Å². The zero-order valence-electron chi connectivity index (χ0n) is 53.5. The molecule has 0 saturated carbocycles. The van der Waals surface area contributed by atoms with Gasteiger partial charge in [0.05, 0.1) is 43.3 Å². The Bertz CT molecular complexity index is 3320. The van der Waals surface area contributed by atoms with Gasteiger partial charge in [0.2, 0.25) is 29.5 Å². The van der Waals surface area contributed by atoms with Crippen molar-refractivity contribution in [2.24, 2.45) is 21.9 Å². The van der Waals surface area contributed by atoms with E-state index < -0.39 is 103 Å². The van der Waals surface area contributed by atoms with Gasteiger partial charge in [-0.3, -0.25) is 33.6 Å². The van der Waals surface area contributed by atoms with Gasteiger partial charge in [0, 0.05) is 14.1 Å². The molecule has 6 aromatic carbocycles. The van der Waals surface area contributed by atoms with Gasteiger partial charge in [0.25, 0.3) is 11.8 Å². The smallest absolute Gasteiger partial charge is 0.335 e. The first kappa shape index (κ1) is 73.1. The minimum absolute atomic E-state index is 0.137. The average molecular weight is 1270 g/mol. The highest BCUT2D eigenvalue weighted by Gasteiger charge is 2.30. The molecule has 24 nitrogen and oxygen atoms in total. The summed E-state index contributed by atoms with van der Waals surface area (Å²) >= 11 is 0. The molecule has 0 heterocycles. The van der Waals surface area contributed by atoms with Crippen LogP contribution in [0.2, 0.25) is 0 Å². The standard InChI is InChI=1S/C38H50N8O5.C31H37N7O4/c1-6-16-29(42-35(48)30(39-4)23-25(2)3)34(37(50)41-24-31(47)43-33(36(49)40-5)28-21-14-9-15-22-28)45-46-38(51)44-32(26-17-10-7-11-18-26)27-19-12-8-13-20-27;1-3-13-24(32)28(30(41)34-20-25(39)35-27(29(40)33-2)23-18-11-6-12-19-23)37-38-31(42)36-26(21-14-7-4-8-15-21)22-16-9-5-10-17-22/h7-15,17-22,25,29-30,32-33,39H,6,16,23-24H2,1-5H3,(H,40,49)(H,41,50)(H,42,48)(H,43,47)(H2,44,46,51);4-12,14-19,24,26-27H,3,13,20,32H2,1-2H3,(H,33,40)(H,34,41)(H,35,39)(H2,36,38,42)/b45-34-;37-28-. The summed E-state index contributed by atoms with van der Waals surface area (Å²) < 4.78 is 0. The van der Waals surface area contributed by atoms with E-state index >= 15 is 0 Å². The van der Waals surface area contributed by atoms with Crippen LogP contribution in [-0.4, -0.2) is 117 Å². The van der Waals surface area contributed by atoms with Gasteiger partial charge in [-0.2, -0.15) is 10.2 Å². The zero-order chi connectivity index (χ0) is 67.5. The maximum atomic E-state index is 13.7. The molecule has 0 bridgehead atoms. The zero-order valence-corrected chi connectivity index (χ0v) is 53.5. The minimum atomic E-state index is -0.993. The first-order chi connectivity index (χ1) is 44.9. The number of likely N-dealkylation sites (N-methyl/N-ethyl adjacent to an activating group) is 3. The number of carbonyl (C=O) groups excluding carboxylic acids is 9. The van der Waals surface area contributed by atoms with E-state index in [2.05, 4.69) is 74.2 Å². The quantitative estimate of drug-likeness (QED) is 0.0194. The van der Waals surface area contributed by atoms with Crippen LogP contribution in [0, 0.1) is 5.92 Å². The van der Waals surface area contributed by atoms with Gasteiger partial charge < -0.3 is 58.9 Å². The molecule has 6 aromatic rings. The van der Waals surface area contributed by atoms with Crippen molar-refractivity contribution in [3.8, 4) is 0 Å². The second-order valence-corrected chi connectivity index (χ2v) is 21.8. The van der Waals surface area contributed by atoms with Gasteiger partial charge >= 0.3 is 12.1 Å². The Kier molecular flexibility index (Phi) is 31.1. The predicted octanol–water partition coefficient (Wildman–Crippen LogP) is 5.35. The highest BCUT2D eigenvalue weighted by molar-refractivity contribution is 6.42. The average Bonchev–Trinajstić information content (AvgIpc) is 1.08. The molecule has 6 rings (SSSR count). The SMILES string of the molecule is CCCC(N)/C(=N/NC(=O)NC(c1ccccc1)c1ccccc1)C(=O)NCC(=O)NC(C(=O)NC)c1ccccc1.CCCC(NC(=O)C(CC(C)C)NC)/C(=N/NC(=O)NC(c1ccccc1)c1ccccc1)C(=O)NCC(=O)NC(C(=O)NC)c1ccccc1. The highest BCUT2D eigenvalue weighted by Crippen LogP contribution is 2.23. The monoisotopic (exact) mass is 1270 g/mol. The molecular weight excluding hydrogens is 1180 g/mol. The van der Waals surface area contributed by atoms with Crippen LogP contribution in [0.5, 0.6) is 0 Å². The molecule has 0 radical (unpaired) electrons. The number of hydrogen-bond acceptors (Lipinski definition) is 13. The second-order valence-electron chi connectivity index (χ2n) is 21.8. The summed E-state index contributed by atoms with van der Waals surface area (Å²) in [4.78, 5) is 117. The summed E-state index contributed by atoms with van der Waals surface area (Å²) in [6.45, 7) is 6.84. The summed E-state index contributed by atoms with van der Waals surface area (Å²) in [6.07, 6.45) is 2.51. The number of nitrogens with zero attached hydrogens (tertiary/aromatic N) is 2. The van der Waals surface area contributed by atoms with Crippen LogP contribution in [0.3, 0.4) is 0 Å². The maximum absolute atomic E-state index is 13.7. The maximum Gasteiger partial charge on any atom is 0.335 e. The number of nitrogens with two attached hydrogens (primary N) is 1. The molecule has 0 aromatic heterocycles. The van der Waals surface area contributed by atoms with Crippen molar-refractivity contribution >= 4 is 64.8 Å². The molecule has 0 aliphatic heterocycles. The summed E-state index contributed by atoms with van der Waals surface area (Å²) in [6, 6.07) is 48.6. The summed E-state index contributed by atoms with van der Waals surface area (Å²) in [5.41, 5.74) is 15.2.